The molecule has 0 atom stereocenters. The largest absolute Gasteiger partial charge is 0.462 e. The molecule has 10 heteroatoms. The highest BCUT2D eigenvalue weighted by atomic mass is 19.4. The molecule has 0 aliphatic rings. The molecule has 28 heavy (non-hydrogen) atoms. The minimum atomic E-state index is -6.41. The van der Waals surface area contributed by atoms with Crippen LogP contribution in [0.3, 0.4) is 0 Å². The molecule has 152 valence electrons. The Hall–Kier alpha value is -2.78. The third kappa shape index (κ3) is 4.20. The lowest BCUT2D eigenvalue weighted by Gasteiger charge is -2.28. The molecular weight excluding hydrogens is 397 g/mol. The number of ether oxygens (including phenoxy) is 2. The predicted molar refractivity (Wildman–Crippen MR) is 83.8 cm³/mol. The molecular formula is C18H13F7O3. The fourth-order valence-electron chi connectivity index (χ4n) is 2.10. The van der Waals surface area contributed by atoms with E-state index in [0.717, 1.165) is 12.1 Å². The van der Waals surface area contributed by atoms with Crippen LogP contribution in [0.25, 0.3) is 0 Å². The van der Waals surface area contributed by atoms with Crippen LogP contribution in [-0.4, -0.2) is 24.7 Å². The van der Waals surface area contributed by atoms with Crippen LogP contribution in [0.5, 0.6) is 11.5 Å². The first kappa shape index (κ1) is 21.5. The number of benzene rings is 2. The Morgan fingerprint density at radius 1 is 0.821 bits per heavy atom. The van der Waals surface area contributed by atoms with Gasteiger partial charge in [0.2, 0.25) is 0 Å². The van der Waals surface area contributed by atoms with Crippen molar-refractivity contribution in [2.75, 3.05) is 6.61 Å². The molecule has 2 rings (SSSR count). The first-order valence-corrected chi connectivity index (χ1v) is 7.78. The molecule has 0 radical (unpaired) electrons. The Morgan fingerprint density at radius 3 is 1.71 bits per heavy atom. The lowest BCUT2D eigenvalue weighted by molar-refractivity contribution is -0.359. The monoisotopic (exact) mass is 410 g/mol. The molecule has 0 aromatic heterocycles. The zero-order valence-corrected chi connectivity index (χ0v) is 14.2. The summed E-state index contributed by atoms with van der Waals surface area (Å²) in [6, 6.07) is 7.98. The van der Waals surface area contributed by atoms with Crippen molar-refractivity contribution in [3.8, 4) is 11.5 Å². The van der Waals surface area contributed by atoms with Crippen LogP contribution in [0.2, 0.25) is 0 Å². The second-order valence-corrected chi connectivity index (χ2v) is 5.52. The van der Waals surface area contributed by atoms with Crippen molar-refractivity contribution in [3.05, 3.63) is 59.7 Å². The maximum atomic E-state index is 13.6. The fourth-order valence-corrected chi connectivity index (χ4v) is 2.10. The van der Waals surface area contributed by atoms with Crippen molar-refractivity contribution in [2.45, 2.75) is 24.9 Å². The number of halogens is 7. The van der Waals surface area contributed by atoms with Crippen LogP contribution in [0, 0.1) is 0 Å². The van der Waals surface area contributed by atoms with Crippen LogP contribution in [-0.2, 0) is 10.7 Å². The van der Waals surface area contributed by atoms with Gasteiger partial charge in [-0.15, -0.1) is 0 Å². The van der Waals surface area contributed by atoms with Gasteiger partial charge in [0, 0.05) is 5.56 Å². The van der Waals surface area contributed by atoms with Crippen molar-refractivity contribution in [1.29, 1.82) is 0 Å². The van der Waals surface area contributed by atoms with E-state index in [1.807, 2.05) is 0 Å². The van der Waals surface area contributed by atoms with E-state index in [0.29, 0.717) is 12.1 Å². The van der Waals surface area contributed by atoms with Crippen molar-refractivity contribution < 1.29 is 45.0 Å². The van der Waals surface area contributed by atoms with Gasteiger partial charge in [0.25, 0.3) is 0 Å². The van der Waals surface area contributed by atoms with Crippen molar-refractivity contribution in [3.63, 3.8) is 0 Å². The molecule has 2 aromatic carbocycles. The van der Waals surface area contributed by atoms with Gasteiger partial charge in [-0.25, -0.2) is 4.79 Å². The minimum absolute atomic E-state index is 0.0845. The lowest BCUT2D eigenvalue weighted by Crippen LogP contribution is -2.49. The molecule has 0 aliphatic carbocycles. The van der Waals surface area contributed by atoms with Gasteiger partial charge in [0.05, 0.1) is 12.2 Å². The fraction of sp³-hybridized carbons (Fsp3) is 0.278. The van der Waals surface area contributed by atoms with Crippen molar-refractivity contribution in [2.24, 2.45) is 0 Å². The summed E-state index contributed by atoms with van der Waals surface area (Å²) in [6.07, 6.45) is -6.41. The Bertz CT molecular complexity index is 813. The Balaban J connectivity index is 2.16. The standard InChI is InChI=1S/C18H13F7O3/c1-2-27-15(26)11-3-7-13(8-4-11)28-14-9-5-12(6-10-14)16(19,20)17(21,22)18(23,24)25/h3-10H,2H2,1H3. The first-order valence-electron chi connectivity index (χ1n) is 7.78. The average molecular weight is 410 g/mol. The molecule has 0 heterocycles. The molecule has 0 saturated heterocycles. The summed E-state index contributed by atoms with van der Waals surface area (Å²) in [5.41, 5.74) is -1.28. The van der Waals surface area contributed by atoms with E-state index >= 15 is 0 Å². The molecule has 0 N–H and O–H groups in total. The molecule has 0 amide bonds. The number of esters is 1. The summed E-state index contributed by atoms with van der Waals surface area (Å²) in [4.78, 5) is 11.5. The molecule has 0 saturated carbocycles. The van der Waals surface area contributed by atoms with E-state index in [1.54, 1.807) is 6.92 Å². The van der Waals surface area contributed by atoms with Gasteiger partial charge in [0.1, 0.15) is 11.5 Å². The van der Waals surface area contributed by atoms with Crippen LogP contribution >= 0.6 is 0 Å². The van der Waals surface area contributed by atoms with Gasteiger partial charge in [-0.05, 0) is 55.5 Å². The van der Waals surface area contributed by atoms with Crippen LogP contribution < -0.4 is 4.74 Å². The average Bonchev–Trinajstić information content (AvgIpc) is 2.62. The molecule has 0 bridgehead atoms. The quantitative estimate of drug-likeness (QED) is 0.437. The van der Waals surface area contributed by atoms with Gasteiger partial charge in [-0.3, -0.25) is 0 Å². The maximum absolute atomic E-state index is 13.6. The van der Waals surface area contributed by atoms with E-state index in [-0.39, 0.29) is 23.7 Å². The Morgan fingerprint density at radius 2 is 1.29 bits per heavy atom. The van der Waals surface area contributed by atoms with Crippen LogP contribution in [0.1, 0.15) is 22.8 Å². The summed E-state index contributed by atoms with van der Waals surface area (Å²) in [5.74, 6) is -12.2. The van der Waals surface area contributed by atoms with Crippen LogP contribution in [0.4, 0.5) is 30.7 Å². The Kier molecular flexibility index (Phi) is 5.91. The van der Waals surface area contributed by atoms with Crippen molar-refractivity contribution >= 4 is 5.97 Å². The number of carbonyl (C=O) groups excluding carboxylic acids is 1. The van der Waals surface area contributed by atoms with E-state index < -0.39 is 29.6 Å². The van der Waals surface area contributed by atoms with Gasteiger partial charge in [-0.1, -0.05) is 0 Å². The van der Waals surface area contributed by atoms with Gasteiger partial charge >= 0.3 is 24.0 Å². The van der Waals surface area contributed by atoms with E-state index in [9.17, 15) is 35.5 Å². The number of rotatable bonds is 6. The predicted octanol–water partition coefficient (Wildman–Crippen LogP) is 5.95. The second kappa shape index (κ2) is 7.69. The van der Waals surface area contributed by atoms with E-state index in [4.69, 9.17) is 9.47 Å². The third-order valence-corrected chi connectivity index (χ3v) is 3.57. The van der Waals surface area contributed by atoms with Gasteiger partial charge in [0.15, 0.2) is 0 Å². The minimum Gasteiger partial charge on any atom is -0.462 e. The first-order chi connectivity index (χ1) is 12.9. The van der Waals surface area contributed by atoms with Gasteiger partial charge < -0.3 is 9.47 Å². The molecule has 3 nitrogen and oxygen atoms in total. The summed E-state index contributed by atoms with van der Waals surface area (Å²) in [7, 11) is 0. The highest BCUT2D eigenvalue weighted by Crippen LogP contribution is 2.51. The molecule has 2 aromatic rings. The molecule has 0 spiro atoms. The SMILES string of the molecule is CCOC(=O)c1ccc(Oc2ccc(C(F)(F)C(F)(F)C(F)(F)F)cc2)cc1. The summed E-state index contributed by atoms with van der Waals surface area (Å²) < 4.78 is 100. The summed E-state index contributed by atoms with van der Waals surface area (Å²) in [6.45, 7) is 1.81. The number of hydrogen-bond donors (Lipinski definition) is 0. The highest BCUT2D eigenvalue weighted by molar-refractivity contribution is 5.89. The second-order valence-electron chi connectivity index (χ2n) is 5.52. The molecule has 0 fully saturated rings. The molecule has 0 aliphatic heterocycles. The van der Waals surface area contributed by atoms with Gasteiger partial charge in [-0.2, -0.15) is 30.7 Å². The maximum Gasteiger partial charge on any atom is 0.460 e. The molecule has 0 unspecified atom stereocenters. The highest BCUT2D eigenvalue weighted by Gasteiger charge is 2.73. The smallest absolute Gasteiger partial charge is 0.460 e. The topological polar surface area (TPSA) is 35.5 Å². The van der Waals surface area contributed by atoms with E-state index in [2.05, 4.69) is 0 Å². The number of carbonyl (C=O) groups is 1. The summed E-state index contributed by atoms with van der Waals surface area (Å²) >= 11 is 0. The number of alkyl halides is 7. The third-order valence-electron chi connectivity index (χ3n) is 3.57. The zero-order chi connectivity index (χ0) is 21.2. The summed E-state index contributed by atoms with van der Waals surface area (Å²) in [5, 5.41) is 0. The van der Waals surface area contributed by atoms with Crippen LogP contribution in [0.15, 0.2) is 48.5 Å². The lowest BCUT2D eigenvalue weighted by atomic mass is 10.0. The zero-order valence-electron chi connectivity index (χ0n) is 14.2. The van der Waals surface area contributed by atoms with E-state index in [1.165, 1.54) is 24.3 Å². The van der Waals surface area contributed by atoms with Crippen molar-refractivity contribution in [1.82, 2.24) is 0 Å². The Labute approximate surface area is 154 Å². The number of hydrogen-bond acceptors (Lipinski definition) is 3. The normalized spacial score (nSPS) is 12.6.